The van der Waals surface area contributed by atoms with Gasteiger partial charge < -0.3 is 0 Å². The second-order valence-electron chi connectivity index (χ2n) is 4.34. The molecule has 0 aliphatic rings. The number of thioether (sulfide) groups is 1. The fraction of sp³-hybridized carbons (Fsp3) is 0.200. The second kappa shape index (κ2) is 6.77. The van der Waals surface area contributed by atoms with Crippen LogP contribution >= 0.6 is 23.4 Å². The Morgan fingerprint density at radius 1 is 1.20 bits per heavy atom. The van der Waals surface area contributed by atoms with Gasteiger partial charge in [0, 0.05) is 17.0 Å². The van der Waals surface area contributed by atoms with Crippen molar-refractivity contribution in [2.75, 3.05) is 6.26 Å². The van der Waals surface area contributed by atoms with Gasteiger partial charge in [-0.1, -0.05) is 30.3 Å². The quantitative estimate of drug-likeness (QED) is 0.343. The van der Waals surface area contributed by atoms with Crippen LogP contribution in [0.3, 0.4) is 0 Å². The third kappa shape index (κ3) is 3.52. The van der Waals surface area contributed by atoms with Crippen LogP contribution < -0.4 is 0 Å². The first-order valence-corrected chi connectivity index (χ1v) is 7.78. The molecule has 0 bridgehead atoms. The van der Waals surface area contributed by atoms with Gasteiger partial charge in [-0.15, -0.1) is 23.4 Å². The van der Waals surface area contributed by atoms with Gasteiger partial charge in [-0.2, -0.15) is 0 Å². The van der Waals surface area contributed by atoms with E-state index in [2.05, 4.69) is 0 Å². The SMILES string of the molecule is CSc1ccccc1C(Cl)Cc1ccc([N+](=O)[O-])cc1. The van der Waals surface area contributed by atoms with E-state index in [-0.39, 0.29) is 11.1 Å². The van der Waals surface area contributed by atoms with Crippen LogP contribution in [0, 0.1) is 10.1 Å². The lowest BCUT2D eigenvalue weighted by atomic mass is 10.0. The Bertz CT molecular complexity index is 601. The predicted octanol–water partition coefficient (Wildman–Crippen LogP) is 4.84. The van der Waals surface area contributed by atoms with Gasteiger partial charge in [0.2, 0.25) is 0 Å². The number of nitrogens with zero attached hydrogens (tertiary/aromatic N) is 1. The average molecular weight is 308 g/mol. The van der Waals surface area contributed by atoms with Gasteiger partial charge in [0.1, 0.15) is 0 Å². The molecule has 0 saturated heterocycles. The number of non-ortho nitro benzene ring substituents is 1. The van der Waals surface area contributed by atoms with Crippen molar-refractivity contribution in [1.82, 2.24) is 0 Å². The fourth-order valence-electron chi connectivity index (χ4n) is 2.00. The molecule has 0 amide bonds. The van der Waals surface area contributed by atoms with Crippen molar-refractivity contribution in [3.8, 4) is 0 Å². The Hall–Kier alpha value is -1.52. The van der Waals surface area contributed by atoms with Crippen molar-refractivity contribution >= 4 is 29.1 Å². The summed E-state index contributed by atoms with van der Waals surface area (Å²) < 4.78 is 0. The highest BCUT2D eigenvalue weighted by Crippen LogP contribution is 2.32. The number of benzene rings is 2. The topological polar surface area (TPSA) is 43.1 Å². The van der Waals surface area contributed by atoms with E-state index in [9.17, 15) is 10.1 Å². The summed E-state index contributed by atoms with van der Waals surface area (Å²) in [6.07, 6.45) is 2.67. The molecule has 0 spiro atoms. The normalized spacial score (nSPS) is 12.1. The molecule has 1 unspecified atom stereocenters. The van der Waals surface area contributed by atoms with E-state index < -0.39 is 4.92 Å². The third-order valence-electron chi connectivity index (χ3n) is 3.04. The molecule has 2 aromatic rings. The summed E-state index contributed by atoms with van der Waals surface area (Å²) in [6.45, 7) is 0. The molecule has 0 N–H and O–H groups in total. The van der Waals surface area contributed by atoms with Crippen LogP contribution in [0.4, 0.5) is 5.69 Å². The van der Waals surface area contributed by atoms with Crippen LogP contribution in [0.5, 0.6) is 0 Å². The average Bonchev–Trinajstić information content (AvgIpc) is 2.47. The van der Waals surface area contributed by atoms with Crippen molar-refractivity contribution in [1.29, 1.82) is 0 Å². The molecule has 0 aromatic heterocycles. The second-order valence-corrected chi connectivity index (χ2v) is 5.71. The van der Waals surface area contributed by atoms with Gasteiger partial charge in [0.25, 0.3) is 5.69 Å². The maximum absolute atomic E-state index is 10.6. The Kier molecular flexibility index (Phi) is 5.04. The Labute approximate surface area is 127 Å². The highest BCUT2D eigenvalue weighted by Gasteiger charge is 2.13. The molecule has 0 aliphatic carbocycles. The van der Waals surface area contributed by atoms with Crippen LogP contribution in [0.1, 0.15) is 16.5 Å². The number of halogens is 1. The minimum absolute atomic E-state index is 0.101. The van der Waals surface area contributed by atoms with Crippen molar-refractivity contribution in [3.05, 3.63) is 69.8 Å². The minimum atomic E-state index is -0.398. The third-order valence-corrected chi connectivity index (χ3v) is 4.24. The first kappa shape index (κ1) is 14.9. The summed E-state index contributed by atoms with van der Waals surface area (Å²) in [4.78, 5) is 11.4. The van der Waals surface area contributed by atoms with E-state index in [4.69, 9.17) is 11.6 Å². The van der Waals surface area contributed by atoms with Crippen molar-refractivity contribution < 1.29 is 4.92 Å². The molecule has 2 aromatic carbocycles. The predicted molar refractivity (Wildman–Crippen MR) is 83.6 cm³/mol. The van der Waals surface area contributed by atoms with Crippen molar-refractivity contribution in [2.45, 2.75) is 16.7 Å². The molecule has 1 atom stereocenters. The first-order chi connectivity index (χ1) is 9.61. The Balaban J connectivity index is 2.14. The molecule has 0 fully saturated rings. The van der Waals surface area contributed by atoms with Crippen LogP contribution in [0.2, 0.25) is 0 Å². The van der Waals surface area contributed by atoms with Gasteiger partial charge in [-0.05, 0) is 29.9 Å². The summed E-state index contributed by atoms with van der Waals surface area (Å²) in [5.74, 6) is 0. The monoisotopic (exact) mass is 307 g/mol. The van der Waals surface area contributed by atoms with E-state index in [1.54, 1.807) is 23.9 Å². The molecule has 0 radical (unpaired) electrons. The lowest BCUT2D eigenvalue weighted by Gasteiger charge is -2.13. The largest absolute Gasteiger partial charge is 0.269 e. The van der Waals surface area contributed by atoms with Crippen LogP contribution in [0.15, 0.2) is 53.4 Å². The number of hydrogen-bond donors (Lipinski definition) is 0. The van der Waals surface area contributed by atoms with Gasteiger partial charge in [0.15, 0.2) is 0 Å². The van der Waals surface area contributed by atoms with Gasteiger partial charge >= 0.3 is 0 Å². The zero-order valence-electron chi connectivity index (χ0n) is 11.0. The van der Waals surface area contributed by atoms with Crippen molar-refractivity contribution in [2.24, 2.45) is 0 Å². The number of rotatable bonds is 5. The molecule has 0 heterocycles. The summed E-state index contributed by atoms with van der Waals surface area (Å²) in [5, 5.41) is 10.5. The smallest absolute Gasteiger partial charge is 0.258 e. The molecule has 2 rings (SSSR count). The molecule has 104 valence electrons. The number of nitro groups is 1. The molecule has 0 aliphatic heterocycles. The van der Waals surface area contributed by atoms with Gasteiger partial charge in [0.05, 0.1) is 10.3 Å². The zero-order chi connectivity index (χ0) is 14.5. The maximum Gasteiger partial charge on any atom is 0.269 e. The van der Waals surface area contributed by atoms with Crippen LogP contribution in [-0.4, -0.2) is 11.2 Å². The summed E-state index contributed by atoms with van der Waals surface area (Å²) in [7, 11) is 0. The van der Waals surface area contributed by atoms with E-state index in [1.165, 1.54) is 12.1 Å². The minimum Gasteiger partial charge on any atom is -0.258 e. The molecule has 20 heavy (non-hydrogen) atoms. The van der Waals surface area contributed by atoms with E-state index >= 15 is 0 Å². The van der Waals surface area contributed by atoms with E-state index in [1.807, 2.05) is 30.5 Å². The Morgan fingerprint density at radius 2 is 1.85 bits per heavy atom. The van der Waals surface area contributed by atoms with E-state index in [0.717, 1.165) is 16.0 Å². The zero-order valence-corrected chi connectivity index (χ0v) is 12.5. The number of nitro benzene ring substituents is 1. The van der Waals surface area contributed by atoms with E-state index in [0.29, 0.717) is 6.42 Å². The lowest BCUT2D eigenvalue weighted by Crippen LogP contribution is -1.98. The number of alkyl halides is 1. The molecular formula is C15H14ClNO2S. The molecule has 0 saturated carbocycles. The molecule has 5 heteroatoms. The highest BCUT2D eigenvalue weighted by atomic mass is 35.5. The fourth-order valence-corrected chi connectivity index (χ4v) is 3.09. The molecule has 3 nitrogen and oxygen atoms in total. The Morgan fingerprint density at radius 3 is 2.45 bits per heavy atom. The van der Waals surface area contributed by atoms with Crippen LogP contribution in [0.25, 0.3) is 0 Å². The highest BCUT2D eigenvalue weighted by molar-refractivity contribution is 7.98. The van der Waals surface area contributed by atoms with Gasteiger partial charge in [-0.3, -0.25) is 10.1 Å². The standard InChI is InChI=1S/C15H14ClNO2S/c1-20-15-5-3-2-4-13(15)14(16)10-11-6-8-12(9-7-11)17(18)19/h2-9,14H,10H2,1H3. The lowest BCUT2D eigenvalue weighted by molar-refractivity contribution is -0.384. The summed E-state index contributed by atoms with van der Waals surface area (Å²) >= 11 is 8.15. The van der Waals surface area contributed by atoms with Crippen LogP contribution in [-0.2, 0) is 6.42 Å². The number of hydrogen-bond acceptors (Lipinski definition) is 3. The maximum atomic E-state index is 10.6. The summed E-state index contributed by atoms with van der Waals surface area (Å²) in [6, 6.07) is 14.6. The molecular weight excluding hydrogens is 294 g/mol. The first-order valence-electron chi connectivity index (χ1n) is 6.12. The summed E-state index contributed by atoms with van der Waals surface area (Å²) in [5.41, 5.74) is 2.19. The van der Waals surface area contributed by atoms with Gasteiger partial charge in [-0.25, -0.2) is 0 Å². The van der Waals surface area contributed by atoms with Crippen molar-refractivity contribution in [3.63, 3.8) is 0 Å².